The highest BCUT2D eigenvalue weighted by Gasteiger charge is 2.26. The number of H-pyrrole nitrogens is 1. The number of aromatic nitrogens is 3. The maximum Gasteiger partial charge on any atom is 0.225 e. The van der Waals surface area contributed by atoms with Gasteiger partial charge < -0.3 is 25.4 Å². The van der Waals surface area contributed by atoms with Crippen molar-refractivity contribution in [3.8, 4) is 0 Å². The standard InChI is InChI=1S/C40H48F2N7P/c1-6-30(20-33-28(5)44-24-34(33)27(4)38-35(41)9-7-25(2)39(38)50)31-22-45-40(46-23-31)49-17-15-47(16-18-49)26(3)19-29-11-13-48(14-12-29)37-10-8-32(43)21-36(37)42/h7-10,20-24,29,44H,3-4,6,11-19,43,50H2,1-2,5H3/b30-20+. The van der Waals surface area contributed by atoms with Crippen molar-refractivity contribution < 1.29 is 8.78 Å². The van der Waals surface area contributed by atoms with Crippen LogP contribution >= 0.6 is 9.24 Å². The summed E-state index contributed by atoms with van der Waals surface area (Å²) >= 11 is 0. The van der Waals surface area contributed by atoms with Crippen LogP contribution in [0.2, 0.25) is 0 Å². The van der Waals surface area contributed by atoms with Crippen LogP contribution < -0.4 is 20.8 Å². The minimum Gasteiger partial charge on any atom is -0.399 e. The van der Waals surface area contributed by atoms with E-state index in [0.29, 0.717) is 28.4 Å². The molecule has 6 rings (SSSR count). The Hall–Kier alpha value is -4.49. The van der Waals surface area contributed by atoms with E-state index in [9.17, 15) is 8.78 Å². The van der Waals surface area contributed by atoms with Crippen molar-refractivity contribution in [2.75, 3.05) is 54.8 Å². The number of hydrogen-bond donors (Lipinski definition) is 2. The summed E-state index contributed by atoms with van der Waals surface area (Å²) in [6, 6.07) is 8.25. The lowest BCUT2D eigenvalue weighted by atomic mass is 9.91. The summed E-state index contributed by atoms with van der Waals surface area (Å²) in [6.07, 6.45) is 11.6. The molecule has 2 aromatic heterocycles. The molecule has 1 unspecified atom stereocenters. The lowest BCUT2D eigenvalue weighted by molar-refractivity contribution is 0.284. The maximum absolute atomic E-state index is 15.0. The average molecular weight is 696 g/mol. The number of nitrogens with zero attached hydrogens (tertiary/aromatic N) is 5. The van der Waals surface area contributed by atoms with Crippen molar-refractivity contribution in [2.24, 2.45) is 5.92 Å². The summed E-state index contributed by atoms with van der Waals surface area (Å²) in [4.78, 5) is 19.6. The molecule has 1 atom stereocenters. The van der Waals surface area contributed by atoms with E-state index < -0.39 is 0 Å². The molecule has 262 valence electrons. The molecule has 0 bridgehead atoms. The molecule has 3 N–H and O–H groups in total. The van der Waals surface area contributed by atoms with Crippen LogP contribution in [0.3, 0.4) is 0 Å². The molecule has 10 heteroatoms. The summed E-state index contributed by atoms with van der Waals surface area (Å²) in [5.74, 6) is 0.740. The Labute approximate surface area is 297 Å². The Balaban J connectivity index is 1.05. The number of nitrogen functional groups attached to an aromatic ring is 1. The molecule has 2 saturated heterocycles. The molecule has 0 amide bonds. The number of halogens is 2. The van der Waals surface area contributed by atoms with E-state index in [-0.39, 0.29) is 11.6 Å². The van der Waals surface area contributed by atoms with Crippen LogP contribution in [0.25, 0.3) is 17.2 Å². The molecule has 7 nitrogen and oxygen atoms in total. The number of allylic oxidation sites excluding steroid dienone is 2. The van der Waals surface area contributed by atoms with E-state index in [4.69, 9.17) is 15.7 Å². The largest absolute Gasteiger partial charge is 0.399 e. The van der Waals surface area contributed by atoms with Gasteiger partial charge in [0.15, 0.2) is 0 Å². The van der Waals surface area contributed by atoms with Crippen LogP contribution in [0, 0.1) is 31.4 Å². The molecule has 2 aliphatic heterocycles. The maximum atomic E-state index is 15.0. The number of hydrogen-bond acceptors (Lipinski definition) is 6. The Morgan fingerprint density at radius 3 is 2.34 bits per heavy atom. The van der Waals surface area contributed by atoms with Gasteiger partial charge in [0, 0.05) is 97.2 Å². The smallest absolute Gasteiger partial charge is 0.225 e. The summed E-state index contributed by atoms with van der Waals surface area (Å²) in [7, 11) is 2.67. The highest BCUT2D eigenvalue weighted by atomic mass is 31.0. The fourth-order valence-corrected chi connectivity index (χ4v) is 7.58. The Kier molecular flexibility index (Phi) is 10.7. The second-order valence-corrected chi connectivity index (χ2v) is 14.1. The van der Waals surface area contributed by atoms with E-state index in [0.717, 1.165) is 110 Å². The van der Waals surface area contributed by atoms with Gasteiger partial charge in [-0.3, -0.25) is 0 Å². The first kappa shape index (κ1) is 35.3. The molecule has 0 radical (unpaired) electrons. The topological polar surface area (TPSA) is 77.3 Å². The second kappa shape index (κ2) is 15.2. The number of aryl methyl sites for hydroxylation is 2. The van der Waals surface area contributed by atoms with Gasteiger partial charge in [0.1, 0.15) is 11.6 Å². The molecule has 2 fully saturated rings. The molecule has 2 aromatic carbocycles. The predicted octanol–water partition coefficient (Wildman–Crippen LogP) is 7.74. The van der Waals surface area contributed by atoms with E-state index in [1.54, 1.807) is 18.2 Å². The number of nitrogens with one attached hydrogen (secondary N) is 1. The fraction of sp³-hybridized carbons (Fsp3) is 0.350. The first-order chi connectivity index (χ1) is 24.0. The zero-order valence-corrected chi connectivity index (χ0v) is 30.6. The normalized spacial score (nSPS) is 15.9. The lowest BCUT2D eigenvalue weighted by Gasteiger charge is -2.39. The third-order valence-electron chi connectivity index (χ3n) is 10.3. The van der Waals surface area contributed by atoms with E-state index in [1.165, 1.54) is 17.8 Å². The Morgan fingerprint density at radius 2 is 1.68 bits per heavy atom. The number of rotatable bonds is 10. The van der Waals surface area contributed by atoms with Crippen LogP contribution in [-0.4, -0.2) is 59.1 Å². The van der Waals surface area contributed by atoms with E-state index >= 15 is 0 Å². The van der Waals surface area contributed by atoms with Crippen molar-refractivity contribution >= 4 is 49.1 Å². The molecule has 4 aromatic rings. The van der Waals surface area contributed by atoms with Crippen molar-refractivity contribution in [2.45, 2.75) is 46.5 Å². The third kappa shape index (κ3) is 7.48. The lowest BCUT2D eigenvalue weighted by Crippen LogP contribution is -2.46. The summed E-state index contributed by atoms with van der Waals surface area (Å²) in [5.41, 5.74) is 15.1. The Bertz CT molecular complexity index is 1900. The minimum atomic E-state index is -0.283. The quantitative estimate of drug-likeness (QED) is 0.131. The second-order valence-electron chi connectivity index (χ2n) is 13.6. The van der Waals surface area contributed by atoms with Gasteiger partial charge in [0.2, 0.25) is 5.95 Å². The third-order valence-corrected chi connectivity index (χ3v) is 11.1. The fourth-order valence-electron chi connectivity index (χ4n) is 7.17. The number of benzene rings is 2. The summed E-state index contributed by atoms with van der Waals surface area (Å²) < 4.78 is 29.4. The highest BCUT2D eigenvalue weighted by molar-refractivity contribution is 7.27. The highest BCUT2D eigenvalue weighted by Crippen LogP contribution is 2.33. The number of aromatic amines is 1. The van der Waals surface area contributed by atoms with Crippen LogP contribution in [0.15, 0.2) is 67.8 Å². The van der Waals surface area contributed by atoms with Crippen molar-refractivity contribution in [3.63, 3.8) is 0 Å². The number of piperidine rings is 1. The number of anilines is 3. The van der Waals surface area contributed by atoms with E-state index in [1.807, 2.05) is 32.4 Å². The molecule has 0 spiro atoms. The van der Waals surface area contributed by atoms with Crippen molar-refractivity contribution in [3.05, 3.63) is 113 Å². The van der Waals surface area contributed by atoms with Crippen molar-refractivity contribution in [1.82, 2.24) is 19.9 Å². The first-order valence-electron chi connectivity index (χ1n) is 17.5. The molecule has 4 heterocycles. The van der Waals surface area contributed by atoms with Gasteiger partial charge in [-0.25, -0.2) is 18.7 Å². The number of piperazine rings is 1. The van der Waals surface area contributed by atoms with Crippen molar-refractivity contribution in [1.29, 1.82) is 0 Å². The van der Waals surface area contributed by atoms with Gasteiger partial charge in [-0.2, -0.15) is 0 Å². The number of nitrogens with two attached hydrogens (primary N) is 1. The van der Waals surface area contributed by atoms with Crippen LogP contribution in [0.5, 0.6) is 0 Å². The van der Waals surface area contributed by atoms with E-state index in [2.05, 4.69) is 55.1 Å². The molecular formula is C40H48F2N7P. The molecule has 0 saturated carbocycles. The molecule has 2 aliphatic rings. The van der Waals surface area contributed by atoms with Gasteiger partial charge in [0.05, 0.1) is 5.69 Å². The van der Waals surface area contributed by atoms with Gasteiger partial charge in [0.25, 0.3) is 0 Å². The first-order valence-corrected chi connectivity index (χ1v) is 18.0. The van der Waals surface area contributed by atoms with Crippen LogP contribution in [0.1, 0.15) is 66.1 Å². The predicted molar refractivity (Wildman–Crippen MR) is 208 cm³/mol. The SMILES string of the molecule is C=C(c1c[nH]c(C)c1/C=C(\CC)c1cnc(N2CCN(C(=C)CC3CCN(c4ccc(N)cc4F)CC3)CC2)nc1)c1c(F)ccc(C)c1P. The van der Waals surface area contributed by atoms with Crippen LogP contribution in [-0.2, 0) is 0 Å². The van der Waals surface area contributed by atoms with Gasteiger partial charge in [-0.15, -0.1) is 9.24 Å². The minimum absolute atomic E-state index is 0.249. The summed E-state index contributed by atoms with van der Waals surface area (Å²) in [5, 5.41) is 0.819. The van der Waals surface area contributed by atoms with Gasteiger partial charge in [-0.05, 0) is 97.8 Å². The average Bonchev–Trinajstić information content (AvgIpc) is 3.49. The van der Waals surface area contributed by atoms with Crippen LogP contribution in [0.4, 0.5) is 26.1 Å². The molecular weight excluding hydrogens is 647 g/mol. The van der Waals surface area contributed by atoms with Gasteiger partial charge in [-0.1, -0.05) is 26.1 Å². The zero-order valence-electron chi connectivity index (χ0n) is 29.4. The van der Waals surface area contributed by atoms with Gasteiger partial charge >= 0.3 is 0 Å². The monoisotopic (exact) mass is 695 g/mol. The summed E-state index contributed by atoms with van der Waals surface area (Å²) in [6.45, 7) is 19.9. The molecule has 50 heavy (non-hydrogen) atoms. The molecule has 0 aliphatic carbocycles. The Morgan fingerprint density at radius 1 is 0.980 bits per heavy atom. The zero-order chi connectivity index (χ0) is 35.5.